The first-order valence-corrected chi connectivity index (χ1v) is 3.42. The van der Waals surface area contributed by atoms with Gasteiger partial charge in [0.1, 0.15) is 0 Å². The van der Waals surface area contributed by atoms with Gasteiger partial charge in [0.05, 0.1) is 11.3 Å². The summed E-state index contributed by atoms with van der Waals surface area (Å²) in [4.78, 5) is 6.55. The minimum atomic E-state index is -0.0157. The Labute approximate surface area is 68.7 Å². The van der Waals surface area contributed by atoms with Gasteiger partial charge < -0.3 is 10.1 Å². The molecule has 0 aliphatic heterocycles. The average Bonchev–Trinajstić information content (AvgIpc) is 2.58. The lowest BCUT2D eigenvalue weighted by Gasteiger charge is -1.87. The highest BCUT2D eigenvalue weighted by molar-refractivity contribution is 5.62. The summed E-state index contributed by atoms with van der Waals surface area (Å²) in [6, 6.07) is 0. The molecule has 0 unspecified atom stereocenters. The Morgan fingerprint density at radius 2 is 2.50 bits per heavy atom. The van der Waals surface area contributed by atoms with Crippen molar-refractivity contribution in [1.82, 2.24) is 19.7 Å². The number of hydrogen-bond acceptors (Lipinski definition) is 3. The summed E-state index contributed by atoms with van der Waals surface area (Å²) in [6.07, 6.45) is 5.88. The third-order valence-corrected chi connectivity index (χ3v) is 1.54. The molecule has 0 spiro atoms. The predicted octanol–water partition coefficient (Wildman–Crippen LogP) is 0.316. The van der Waals surface area contributed by atoms with Crippen LogP contribution in [0.2, 0.25) is 0 Å². The zero-order chi connectivity index (χ0) is 8.55. The van der Waals surface area contributed by atoms with Crippen molar-refractivity contribution >= 4 is 0 Å². The molecule has 2 heterocycles. The molecule has 0 amide bonds. The molecule has 2 aromatic rings. The molecule has 0 aliphatic rings. The molecule has 5 heteroatoms. The molecule has 0 aliphatic carbocycles. The Balaban J connectivity index is 2.54. The van der Waals surface area contributed by atoms with Crippen molar-refractivity contribution in [1.29, 1.82) is 0 Å². The normalized spacial score (nSPS) is 10.4. The number of aromatic nitrogens is 4. The molecule has 0 aromatic carbocycles. The van der Waals surface area contributed by atoms with Gasteiger partial charge in [0.2, 0.25) is 5.88 Å². The maximum Gasteiger partial charge on any atom is 0.239 e. The first-order valence-electron chi connectivity index (χ1n) is 3.42. The van der Waals surface area contributed by atoms with Crippen molar-refractivity contribution in [2.24, 2.45) is 7.05 Å². The van der Waals surface area contributed by atoms with Crippen molar-refractivity contribution in [2.45, 2.75) is 0 Å². The van der Waals surface area contributed by atoms with Crippen LogP contribution in [0.25, 0.3) is 11.3 Å². The van der Waals surface area contributed by atoms with E-state index < -0.39 is 0 Å². The van der Waals surface area contributed by atoms with E-state index in [0.717, 1.165) is 0 Å². The molecule has 2 N–H and O–H groups in total. The minimum Gasteiger partial charge on any atom is -0.492 e. The second-order valence-electron chi connectivity index (χ2n) is 2.44. The summed E-state index contributed by atoms with van der Waals surface area (Å²) < 4.78 is 1.53. The zero-order valence-corrected chi connectivity index (χ0v) is 6.44. The number of nitrogens with one attached hydrogen (secondary N) is 1. The zero-order valence-electron chi connectivity index (χ0n) is 6.44. The molecule has 2 rings (SSSR count). The van der Waals surface area contributed by atoms with Gasteiger partial charge in [0, 0.05) is 19.4 Å². The number of nitrogens with zero attached hydrogens (tertiary/aromatic N) is 3. The Morgan fingerprint density at radius 3 is 3.00 bits per heavy atom. The van der Waals surface area contributed by atoms with Gasteiger partial charge in [-0.2, -0.15) is 0 Å². The molecule has 0 saturated heterocycles. The van der Waals surface area contributed by atoms with E-state index in [9.17, 15) is 5.11 Å². The largest absolute Gasteiger partial charge is 0.492 e. The first kappa shape index (κ1) is 6.90. The van der Waals surface area contributed by atoms with Crippen molar-refractivity contribution in [2.75, 3.05) is 0 Å². The van der Waals surface area contributed by atoms with E-state index in [1.165, 1.54) is 4.68 Å². The monoisotopic (exact) mass is 163 g/mol. The standard InChI is InChI=1S/C7H7N4O/c1-11-3-5(7(12)10-11)6-2-8-4-9-6/h2-3H,1H3,(H,8,9)(H,10,12). The van der Waals surface area contributed by atoms with Gasteiger partial charge in [-0.05, 0) is 0 Å². The Morgan fingerprint density at radius 1 is 1.67 bits per heavy atom. The van der Waals surface area contributed by atoms with Crippen molar-refractivity contribution in [3.63, 3.8) is 0 Å². The van der Waals surface area contributed by atoms with Crippen LogP contribution in [0.3, 0.4) is 0 Å². The number of aryl methyl sites for hydroxylation is 1. The molecule has 0 fully saturated rings. The number of aromatic amines is 1. The van der Waals surface area contributed by atoms with E-state index in [1.54, 1.807) is 19.4 Å². The number of imidazole rings is 1. The number of rotatable bonds is 1. The lowest BCUT2D eigenvalue weighted by atomic mass is 10.3. The van der Waals surface area contributed by atoms with Gasteiger partial charge in [-0.3, -0.25) is 4.68 Å². The number of hydrogen-bond donors (Lipinski definition) is 2. The quantitative estimate of drug-likeness (QED) is 0.636. The summed E-state index contributed by atoms with van der Waals surface area (Å²) in [7, 11) is 1.74. The van der Waals surface area contributed by atoms with E-state index in [1.807, 2.05) is 0 Å². The van der Waals surface area contributed by atoms with Crippen LogP contribution in [0.1, 0.15) is 0 Å². The lowest BCUT2D eigenvalue weighted by Crippen LogP contribution is -1.84. The fraction of sp³-hybridized carbons (Fsp3) is 0.143. The maximum atomic E-state index is 9.30. The molecule has 61 valence electrons. The van der Waals surface area contributed by atoms with Crippen LogP contribution >= 0.6 is 0 Å². The summed E-state index contributed by atoms with van der Waals surface area (Å²) in [6.45, 7) is 0. The summed E-state index contributed by atoms with van der Waals surface area (Å²) >= 11 is 0. The van der Waals surface area contributed by atoms with Gasteiger partial charge in [0.25, 0.3) is 0 Å². The Kier molecular flexibility index (Phi) is 1.36. The molecule has 2 aromatic heterocycles. The fourth-order valence-electron chi connectivity index (χ4n) is 1.02. The molecule has 0 atom stereocenters. The van der Waals surface area contributed by atoms with Crippen LogP contribution in [0, 0.1) is 6.33 Å². The molecule has 1 radical (unpaired) electrons. The topological polar surface area (TPSA) is 66.7 Å². The van der Waals surface area contributed by atoms with E-state index in [2.05, 4.69) is 21.4 Å². The highest BCUT2D eigenvalue weighted by Crippen LogP contribution is 2.24. The molecule has 0 bridgehead atoms. The van der Waals surface area contributed by atoms with Crippen LogP contribution in [-0.4, -0.2) is 24.9 Å². The molecular weight excluding hydrogens is 156 g/mol. The molecular formula is C7H7N4O. The second kappa shape index (κ2) is 2.37. The molecule has 12 heavy (non-hydrogen) atoms. The predicted molar refractivity (Wildman–Crippen MR) is 41.3 cm³/mol. The van der Waals surface area contributed by atoms with Crippen LogP contribution in [0.15, 0.2) is 12.4 Å². The molecule has 5 nitrogen and oxygen atoms in total. The highest BCUT2D eigenvalue weighted by Gasteiger charge is 2.09. The van der Waals surface area contributed by atoms with E-state index in [-0.39, 0.29) is 5.88 Å². The van der Waals surface area contributed by atoms with Gasteiger partial charge in [-0.1, -0.05) is 0 Å². The van der Waals surface area contributed by atoms with E-state index in [0.29, 0.717) is 11.3 Å². The van der Waals surface area contributed by atoms with Crippen LogP contribution in [0.4, 0.5) is 0 Å². The van der Waals surface area contributed by atoms with Crippen LogP contribution in [-0.2, 0) is 7.05 Å². The van der Waals surface area contributed by atoms with Crippen LogP contribution in [0.5, 0.6) is 5.88 Å². The lowest BCUT2D eigenvalue weighted by molar-refractivity contribution is 0.445. The van der Waals surface area contributed by atoms with E-state index >= 15 is 0 Å². The number of aromatic hydroxyl groups is 1. The summed E-state index contributed by atoms with van der Waals surface area (Å²) in [5.41, 5.74) is 1.25. The SMILES string of the molecule is Cn1cc(-c2c[nH][c]n2)c(O)n1. The highest BCUT2D eigenvalue weighted by atomic mass is 16.3. The van der Waals surface area contributed by atoms with Crippen molar-refractivity contribution < 1.29 is 5.11 Å². The maximum absolute atomic E-state index is 9.30. The third kappa shape index (κ3) is 0.952. The van der Waals surface area contributed by atoms with Gasteiger partial charge in [-0.15, -0.1) is 5.10 Å². The second-order valence-corrected chi connectivity index (χ2v) is 2.44. The van der Waals surface area contributed by atoms with Gasteiger partial charge >= 0.3 is 0 Å². The minimum absolute atomic E-state index is 0.0157. The number of H-pyrrole nitrogens is 1. The summed E-state index contributed by atoms with van der Waals surface area (Å²) in [5.74, 6) is -0.0157. The van der Waals surface area contributed by atoms with Gasteiger partial charge in [0.15, 0.2) is 6.33 Å². The van der Waals surface area contributed by atoms with Crippen molar-refractivity contribution in [3.8, 4) is 17.1 Å². The van der Waals surface area contributed by atoms with Gasteiger partial charge in [-0.25, -0.2) is 4.98 Å². The average molecular weight is 163 g/mol. The van der Waals surface area contributed by atoms with E-state index in [4.69, 9.17) is 0 Å². The fourth-order valence-corrected chi connectivity index (χ4v) is 1.02. The third-order valence-electron chi connectivity index (χ3n) is 1.54. The first-order chi connectivity index (χ1) is 5.77. The Hall–Kier alpha value is -1.78. The smallest absolute Gasteiger partial charge is 0.239 e. The summed E-state index contributed by atoms with van der Waals surface area (Å²) in [5, 5.41) is 13.1. The van der Waals surface area contributed by atoms with Crippen molar-refractivity contribution in [3.05, 3.63) is 18.7 Å². The Bertz CT molecular complexity index is 376. The van der Waals surface area contributed by atoms with Crippen LogP contribution < -0.4 is 0 Å². The molecule has 0 saturated carbocycles.